The van der Waals surface area contributed by atoms with Crippen LogP contribution in [0.15, 0.2) is 66.0 Å². The summed E-state index contributed by atoms with van der Waals surface area (Å²) >= 11 is 5.88. The molecule has 2 aliphatic rings. The van der Waals surface area contributed by atoms with Gasteiger partial charge in [-0.05, 0) is 42.0 Å². The topological polar surface area (TPSA) is 111 Å². The van der Waals surface area contributed by atoms with Crippen LogP contribution in [-0.2, 0) is 4.79 Å². The summed E-state index contributed by atoms with van der Waals surface area (Å²) in [5.74, 6) is 0.490. The molecule has 1 unspecified atom stereocenters. The summed E-state index contributed by atoms with van der Waals surface area (Å²) in [6.45, 7) is 0.872. The summed E-state index contributed by atoms with van der Waals surface area (Å²) < 4.78 is 0. The maximum absolute atomic E-state index is 12.8. The van der Waals surface area contributed by atoms with Gasteiger partial charge < -0.3 is 21.3 Å². The number of nitrogens with zero attached hydrogens (tertiary/aromatic N) is 1. The Morgan fingerprint density at radius 2 is 1.87 bits per heavy atom. The van der Waals surface area contributed by atoms with Gasteiger partial charge in [-0.15, -0.1) is 0 Å². The van der Waals surface area contributed by atoms with E-state index in [2.05, 4.69) is 31.5 Å². The van der Waals surface area contributed by atoms with Gasteiger partial charge in [-0.25, -0.2) is 4.79 Å². The van der Waals surface area contributed by atoms with E-state index in [0.717, 1.165) is 22.4 Å². The van der Waals surface area contributed by atoms with Crippen molar-refractivity contribution in [1.29, 1.82) is 0 Å². The Labute approximate surface area is 183 Å². The van der Waals surface area contributed by atoms with E-state index < -0.39 is 0 Å². The lowest BCUT2D eigenvalue weighted by atomic mass is 9.79. The summed E-state index contributed by atoms with van der Waals surface area (Å²) in [6.07, 6.45) is 1.80. The fourth-order valence-corrected chi connectivity index (χ4v) is 4.12. The Bertz CT molecular complexity index is 1200. The predicted molar refractivity (Wildman–Crippen MR) is 119 cm³/mol. The number of benzene rings is 2. The fraction of sp³-hybridized carbons (Fsp3) is 0.136. The Hall–Kier alpha value is -3.62. The summed E-state index contributed by atoms with van der Waals surface area (Å²) in [5.41, 5.74) is 4.62. The van der Waals surface area contributed by atoms with Crippen LogP contribution in [0.1, 0.15) is 17.0 Å². The monoisotopic (exact) mass is 434 g/mol. The van der Waals surface area contributed by atoms with E-state index in [9.17, 15) is 9.59 Å². The number of amides is 2. The molecule has 0 fully saturated rings. The van der Waals surface area contributed by atoms with Crippen molar-refractivity contribution in [2.45, 2.75) is 5.92 Å². The molecule has 1 aromatic heterocycles. The van der Waals surface area contributed by atoms with Crippen LogP contribution >= 0.6 is 11.6 Å². The lowest BCUT2D eigenvalue weighted by molar-refractivity contribution is -0.115. The van der Waals surface area contributed by atoms with Gasteiger partial charge >= 0.3 is 6.03 Å². The molecule has 5 rings (SSSR count). The maximum atomic E-state index is 12.8. The number of nitrogens with one attached hydrogen (secondary N) is 5. The fourth-order valence-electron chi connectivity index (χ4n) is 3.99. The van der Waals surface area contributed by atoms with Crippen molar-refractivity contribution in [3.05, 3.63) is 82.1 Å². The van der Waals surface area contributed by atoms with Crippen LogP contribution in [0, 0.1) is 0 Å². The number of carbonyl (C=O) groups excluding carboxylic acids is 2. The second-order valence-electron chi connectivity index (χ2n) is 7.38. The highest BCUT2D eigenvalue weighted by molar-refractivity contribution is 6.30. The molecule has 2 aromatic carbocycles. The zero-order chi connectivity index (χ0) is 21.4. The van der Waals surface area contributed by atoms with Crippen molar-refractivity contribution >= 4 is 40.6 Å². The lowest BCUT2D eigenvalue weighted by Gasteiger charge is -2.31. The molecule has 3 aromatic rings. The van der Waals surface area contributed by atoms with Gasteiger partial charge in [0.2, 0.25) is 0 Å². The van der Waals surface area contributed by atoms with Crippen LogP contribution in [0.25, 0.3) is 0 Å². The van der Waals surface area contributed by atoms with Crippen molar-refractivity contribution in [2.24, 2.45) is 0 Å². The third kappa shape index (κ3) is 3.78. The minimum absolute atomic E-state index is 0.0458. The molecule has 156 valence electrons. The molecule has 1 atom stereocenters. The number of fused-ring (bicyclic) bond motifs is 1. The first kappa shape index (κ1) is 19.3. The van der Waals surface area contributed by atoms with Gasteiger partial charge in [0.25, 0.3) is 0 Å². The first-order valence-electron chi connectivity index (χ1n) is 9.79. The van der Waals surface area contributed by atoms with Gasteiger partial charge in [-0.3, -0.25) is 9.89 Å². The first-order chi connectivity index (χ1) is 15.1. The SMILES string of the molecule is O=C(Nc1ccc(Cl)cc1)Nc1cccc(C2C3=C(CNCC3=O)Nc3n[nH]cc32)c1. The third-order valence-electron chi connectivity index (χ3n) is 5.33. The normalized spacial score (nSPS) is 17.5. The number of ketones is 1. The zero-order valence-electron chi connectivity index (χ0n) is 16.3. The van der Waals surface area contributed by atoms with Crippen molar-refractivity contribution in [1.82, 2.24) is 15.5 Å². The predicted octanol–water partition coefficient (Wildman–Crippen LogP) is 3.69. The summed E-state index contributed by atoms with van der Waals surface area (Å²) in [7, 11) is 0. The van der Waals surface area contributed by atoms with Crippen molar-refractivity contribution in [2.75, 3.05) is 29.0 Å². The largest absolute Gasteiger partial charge is 0.340 e. The number of aromatic nitrogens is 2. The van der Waals surface area contributed by atoms with Gasteiger partial charge in [0.05, 0.1) is 6.54 Å². The molecule has 2 amide bonds. The number of hydrogen-bond donors (Lipinski definition) is 5. The zero-order valence-corrected chi connectivity index (χ0v) is 17.1. The summed E-state index contributed by atoms with van der Waals surface area (Å²) in [6, 6.07) is 14.0. The number of Topliss-reactive ketones (excluding diaryl/α,β-unsaturated/α-hetero) is 1. The number of H-pyrrole nitrogens is 1. The molecule has 5 N–H and O–H groups in total. The second-order valence-corrected chi connectivity index (χ2v) is 7.81. The Balaban J connectivity index is 1.43. The standard InChI is InChI=1S/C22H19ClN6O2/c23-13-4-6-14(7-5-13)26-22(31)27-15-3-1-2-12(8-15)19-16-9-25-29-21(16)28-17-10-24-11-18(30)20(17)19/h1-9,19,24H,10-11H2,(H2,25,28,29)(H2,26,27,31). The molecule has 31 heavy (non-hydrogen) atoms. The van der Waals surface area contributed by atoms with Crippen LogP contribution in [0.3, 0.4) is 0 Å². The summed E-state index contributed by atoms with van der Waals surface area (Å²) in [5, 5.41) is 19.7. The van der Waals surface area contributed by atoms with Gasteiger partial charge in [-0.2, -0.15) is 5.10 Å². The highest BCUT2D eigenvalue weighted by Gasteiger charge is 2.36. The third-order valence-corrected chi connectivity index (χ3v) is 5.58. The Kier molecular flexibility index (Phi) is 4.93. The average Bonchev–Trinajstić information content (AvgIpc) is 3.22. The second kappa shape index (κ2) is 7.90. The molecule has 3 heterocycles. The molecular formula is C22H19ClN6O2. The van der Waals surface area contributed by atoms with Crippen LogP contribution < -0.4 is 21.3 Å². The molecular weight excluding hydrogens is 416 g/mol. The smallest absolute Gasteiger partial charge is 0.323 e. The number of carbonyl (C=O) groups is 2. The van der Waals surface area contributed by atoms with E-state index in [4.69, 9.17) is 11.6 Å². The maximum Gasteiger partial charge on any atom is 0.323 e. The van der Waals surface area contributed by atoms with E-state index in [0.29, 0.717) is 35.3 Å². The summed E-state index contributed by atoms with van der Waals surface area (Å²) in [4.78, 5) is 25.2. The molecule has 0 saturated carbocycles. The van der Waals surface area contributed by atoms with Crippen molar-refractivity contribution < 1.29 is 9.59 Å². The highest BCUT2D eigenvalue weighted by Crippen LogP contribution is 2.42. The molecule has 0 radical (unpaired) electrons. The van der Waals surface area contributed by atoms with Gasteiger partial charge in [0, 0.05) is 51.9 Å². The molecule has 0 saturated heterocycles. The van der Waals surface area contributed by atoms with E-state index >= 15 is 0 Å². The molecule has 0 spiro atoms. The van der Waals surface area contributed by atoms with Crippen LogP contribution in [-0.4, -0.2) is 35.1 Å². The highest BCUT2D eigenvalue weighted by atomic mass is 35.5. The first-order valence-corrected chi connectivity index (χ1v) is 10.2. The van der Waals surface area contributed by atoms with Gasteiger partial charge in [-0.1, -0.05) is 23.7 Å². The number of anilines is 3. The van der Waals surface area contributed by atoms with Gasteiger partial charge in [0.15, 0.2) is 11.6 Å². The van der Waals surface area contributed by atoms with E-state index in [1.54, 1.807) is 30.5 Å². The molecule has 0 bridgehead atoms. The van der Waals surface area contributed by atoms with Crippen molar-refractivity contribution in [3.63, 3.8) is 0 Å². The average molecular weight is 435 g/mol. The number of aromatic amines is 1. The number of halogens is 1. The van der Waals surface area contributed by atoms with Crippen molar-refractivity contribution in [3.8, 4) is 0 Å². The van der Waals surface area contributed by atoms with E-state index in [-0.39, 0.29) is 17.7 Å². The van der Waals surface area contributed by atoms with Crippen LogP contribution in [0.2, 0.25) is 5.02 Å². The number of rotatable bonds is 3. The van der Waals surface area contributed by atoms with Gasteiger partial charge in [0.1, 0.15) is 0 Å². The van der Waals surface area contributed by atoms with E-state index in [1.165, 1.54) is 0 Å². The quantitative estimate of drug-likeness (QED) is 0.431. The number of urea groups is 1. The molecule has 2 aliphatic heterocycles. The number of hydrogen-bond acceptors (Lipinski definition) is 5. The van der Waals surface area contributed by atoms with Crippen LogP contribution in [0.4, 0.5) is 22.0 Å². The molecule has 0 aliphatic carbocycles. The molecule has 9 heteroatoms. The minimum atomic E-state index is -0.369. The van der Waals surface area contributed by atoms with E-state index in [1.807, 2.05) is 24.3 Å². The minimum Gasteiger partial charge on any atom is -0.340 e. The van der Waals surface area contributed by atoms with Crippen LogP contribution in [0.5, 0.6) is 0 Å². The Morgan fingerprint density at radius 1 is 1.06 bits per heavy atom. The molecule has 8 nitrogen and oxygen atoms in total. The Morgan fingerprint density at radius 3 is 2.71 bits per heavy atom. The lowest BCUT2D eigenvalue weighted by Crippen LogP contribution is -2.39.